The molecule has 0 spiro atoms. The molecule has 0 saturated heterocycles. The first-order valence-corrected chi connectivity index (χ1v) is 6.86. The minimum atomic E-state index is -0.219. The number of benzene rings is 2. The van der Waals surface area contributed by atoms with Crippen molar-refractivity contribution in [2.24, 2.45) is 0 Å². The minimum absolute atomic E-state index is 0.0107. The molecule has 0 radical (unpaired) electrons. The summed E-state index contributed by atoms with van der Waals surface area (Å²) >= 11 is 0. The summed E-state index contributed by atoms with van der Waals surface area (Å²) < 4.78 is 15.7. The first kappa shape index (κ1) is 15.9. The van der Waals surface area contributed by atoms with Gasteiger partial charge in [-0.2, -0.15) is 0 Å². The Hall–Kier alpha value is -2.53. The van der Waals surface area contributed by atoms with Gasteiger partial charge in [-0.15, -0.1) is 0 Å². The summed E-state index contributed by atoms with van der Waals surface area (Å²) in [6, 6.07) is 14.9. The highest BCUT2D eigenvalue weighted by Gasteiger charge is 2.07. The van der Waals surface area contributed by atoms with E-state index in [9.17, 15) is 4.79 Å². The molecule has 0 heterocycles. The number of methoxy groups -OCH3 is 2. The van der Waals surface area contributed by atoms with E-state index in [1.807, 2.05) is 30.3 Å². The summed E-state index contributed by atoms with van der Waals surface area (Å²) in [5.41, 5.74) is 1.66. The lowest BCUT2D eigenvalue weighted by atomic mass is 10.2. The van der Waals surface area contributed by atoms with E-state index in [1.54, 1.807) is 32.4 Å². The highest BCUT2D eigenvalue weighted by molar-refractivity contribution is 5.92. The van der Waals surface area contributed by atoms with Gasteiger partial charge < -0.3 is 19.5 Å². The van der Waals surface area contributed by atoms with Gasteiger partial charge in [0.2, 0.25) is 5.91 Å². The van der Waals surface area contributed by atoms with E-state index in [2.05, 4.69) is 5.32 Å². The molecule has 1 N–H and O–H groups in total. The number of carbonyl (C=O) groups is 1. The van der Waals surface area contributed by atoms with Gasteiger partial charge in [-0.25, -0.2) is 0 Å². The molecule has 0 saturated carbocycles. The number of carbonyl (C=O) groups excluding carboxylic acids is 1. The zero-order valence-electron chi connectivity index (χ0n) is 12.7. The molecule has 0 aromatic heterocycles. The van der Waals surface area contributed by atoms with Crippen molar-refractivity contribution in [3.05, 3.63) is 54.1 Å². The van der Waals surface area contributed by atoms with E-state index >= 15 is 0 Å². The number of hydrogen-bond acceptors (Lipinski definition) is 4. The third-order valence-electron chi connectivity index (χ3n) is 3.01. The van der Waals surface area contributed by atoms with Crippen molar-refractivity contribution in [3.8, 4) is 11.5 Å². The van der Waals surface area contributed by atoms with Gasteiger partial charge in [0.25, 0.3) is 0 Å². The van der Waals surface area contributed by atoms with Crippen molar-refractivity contribution in [1.29, 1.82) is 0 Å². The van der Waals surface area contributed by atoms with Crippen molar-refractivity contribution in [2.75, 3.05) is 26.1 Å². The highest BCUT2D eigenvalue weighted by atomic mass is 16.5. The first-order valence-electron chi connectivity index (χ1n) is 6.86. The maximum absolute atomic E-state index is 11.8. The molecule has 0 aliphatic rings. The largest absolute Gasteiger partial charge is 0.493 e. The van der Waals surface area contributed by atoms with Crippen LogP contribution < -0.4 is 14.8 Å². The van der Waals surface area contributed by atoms with E-state index in [-0.39, 0.29) is 12.5 Å². The molecule has 5 nitrogen and oxygen atoms in total. The molecule has 116 valence electrons. The minimum Gasteiger partial charge on any atom is -0.493 e. The van der Waals surface area contributed by atoms with Crippen LogP contribution in [0, 0.1) is 0 Å². The topological polar surface area (TPSA) is 56.8 Å². The van der Waals surface area contributed by atoms with Crippen LogP contribution in [0.5, 0.6) is 11.5 Å². The molecule has 1 amide bonds. The Balaban J connectivity index is 1.84. The van der Waals surface area contributed by atoms with Crippen molar-refractivity contribution in [1.82, 2.24) is 0 Å². The van der Waals surface area contributed by atoms with Gasteiger partial charge in [0.1, 0.15) is 6.61 Å². The average molecular weight is 301 g/mol. The van der Waals surface area contributed by atoms with E-state index in [4.69, 9.17) is 14.2 Å². The monoisotopic (exact) mass is 301 g/mol. The molecule has 0 aliphatic carbocycles. The van der Waals surface area contributed by atoms with E-state index < -0.39 is 0 Å². The zero-order valence-corrected chi connectivity index (χ0v) is 12.7. The van der Waals surface area contributed by atoms with Crippen LogP contribution in [0.3, 0.4) is 0 Å². The van der Waals surface area contributed by atoms with Gasteiger partial charge in [-0.3, -0.25) is 4.79 Å². The van der Waals surface area contributed by atoms with Gasteiger partial charge in [0, 0.05) is 11.8 Å². The SMILES string of the molecule is COc1ccc(NC(=O)COCc2ccccc2)cc1OC. The summed E-state index contributed by atoms with van der Waals surface area (Å²) in [6.45, 7) is 0.392. The number of ether oxygens (including phenoxy) is 3. The van der Waals surface area contributed by atoms with Gasteiger partial charge in [0.15, 0.2) is 11.5 Å². The lowest BCUT2D eigenvalue weighted by molar-refractivity contribution is -0.121. The van der Waals surface area contributed by atoms with E-state index in [1.165, 1.54) is 0 Å². The molecule has 2 aromatic carbocycles. The first-order chi connectivity index (χ1) is 10.7. The number of nitrogens with one attached hydrogen (secondary N) is 1. The Kier molecular flexibility index (Phi) is 5.80. The number of hydrogen-bond donors (Lipinski definition) is 1. The molecule has 22 heavy (non-hydrogen) atoms. The van der Waals surface area contributed by atoms with Gasteiger partial charge >= 0.3 is 0 Å². The molecular formula is C17H19NO4. The van der Waals surface area contributed by atoms with Crippen molar-refractivity contribution >= 4 is 11.6 Å². The Morgan fingerprint density at radius 1 is 1.00 bits per heavy atom. The fraction of sp³-hybridized carbons (Fsp3) is 0.235. The second kappa shape index (κ2) is 8.05. The van der Waals surface area contributed by atoms with Crippen LogP contribution >= 0.6 is 0 Å². The standard InChI is InChI=1S/C17H19NO4/c1-20-15-9-8-14(10-16(15)21-2)18-17(19)12-22-11-13-6-4-3-5-7-13/h3-10H,11-12H2,1-2H3,(H,18,19). The summed E-state index contributed by atoms with van der Waals surface area (Å²) in [4.78, 5) is 11.8. The number of anilines is 1. The molecule has 0 bridgehead atoms. The second-order valence-electron chi connectivity index (χ2n) is 4.60. The molecule has 0 aliphatic heterocycles. The highest BCUT2D eigenvalue weighted by Crippen LogP contribution is 2.29. The van der Waals surface area contributed by atoms with Crippen molar-refractivity contribution < 1.29 is 19.0 Å². The quantitative estimate of drug-likeness (QED) is 0.854. The maximum Gasteiger partial charge on any atom is 0.250 e. The second-order valence-corrected chi connectivity index (χ2v) is 4.60. The third-order valence-corrected chi connectivity index (χ3v) is 3.01. The van der Waals surface area contributed by atoms with Gasteiger partial charge in [-0.05, 0) is 17.7 Å². The van der Waals surface area contributed by atoms with E-state index in [0.717, 1.165) is 5.56 Å². The normalized spacial score (nSPS) is 10.1. The number of amides is 1. The van der Waals surface area contributed by atoms with Gasteiger partial charge in [0.05, 0.1) is 20.8 Å². The summed E-state index contributed by atoms with van der Waals surface area (Å²) in [6.07, 6.45) is 0. The molecule has 0 fully saturated rings. The number of rotatable bonds is 7. The Morgan fingerprint density at radius 2 is 1.73 bits per heavy atom. The molecule has 0 atom stereocenters. The van der Waals surface area contributed by atoms with Crippen LogP contribution in [0.4, 0.5) is 5.69 Å². The lowest BCUT2D eigenvalue weighted by Crippen LogP contribution is -2.18. The molecule has 5 heteroatoms. The Labute approximate surface area is 129 Å². The molecular weight excluding hydrogens is 282 g/mol. The van der Waals surface area contributed by atoms with Crippen LogP contribution in [0.2, 0.25) is 0 Å². The molecule has 2 aromatic rings. The van der Waals surface area contributed by atoms with Crippen molar-refractivity contribution in [2.45, 2.75) is 6.61 Å². The van der Waals surface area contributed by atoms with Crippen LogP contribution in [-0.4, -0.2) is 26.7 Å². The predicted octanol–water partition coefficient (Wildman–Crippen LogP) is 2.86. The predicted molar refractivity (Wildman–Crippen MR) is 84.3 cm³/mol. The zero-order chi connectivity index (χ0) is 15.8. The van der Waals surface area contributed by atoms with Crippen LogP contribution in [0.1, 0.15) is 5.56 Å². The smallest absolute Gasteiger partial charge is 0.250 e. The van der Waals surface area contributed by atoms with Crippen LogP contribution in [-0.2, 0) is 16.1 Å². The lowest BCUT2D eigenvalue weighted by Gasteiger charge is -2.10. The fourth-order valence-electron chi connectivity index (χ4n) is 1.95. The molecule has 0 unspecified atom stereocenters. The van der Waals surface area contributed by atoms with Crippen molar-refractivity contribution in [3.63, 3.8) is 0 Å². The van der Waals surface area contributed by atoms with Crippen LogP contribution in [0.25, 0.3) is 0 Å². The molecule has 2 rings (SSSR count). The van der Waals surface area contributed by atoms with Crippen LogP contribution in [0.15, 0.2) is 48.5 Å². The third kappa shape index (κ3) is 4.49. The summed E-state index contributed by atoms with van der Waals surface area (Å²) in [5, 5.41) is 2.75. The summed E-state index contributed by atoms with van der Waals surface area (Å²) in [7, 11) is 3.11. The summed E-state index contributed by atoms with van der Waals surface area (Å²) in [5.74, 6) is 0.953. The Bertz CT molecular complexity index is 613. The van der Waals surface area contributed by atoms with Gasteiger partial charge in [-0.1, -0.05) is 30.3 Å². The average Bonchev–Trinajstić information content (AvgIpc) is 2.55. The Morgan fingerprint density at radius 3 is 2.41 bits per heavy atom. The fourth-order valence-corrected chi connectivity index (χ4v) is 1.95. The maximum atomic E-state index is 11.8. The van der Waals surface area contributed by atoms with E-state index in [0.29, 0.717) is 23.8 Å².